The van der Waals surface area contributed by atoms with E-state index in [2.05, 4.69) is 23.8 Å². The highest BCUT2D eigenvalue weighted by Gasteiger charge is 2.13. The minimum atomic E-state index is -0.232. The van der Waals surface area contributed by atoms with E-state index >= 15 is 0 Å². The number of ether oxygens (including phenoxy) is 2. The second kappa shape index (κ2) is 11.5. The van der Waals surface area contributed by atoms with E-state index in [1.165, 1.54) is 6.20 Å². The largest absolute Gasteiger partial charge is 0.497 e. The van der Waals surface area contributed by atoms with Crippen LogP contribution in [0.1, 0.15) is 47.7 Å². The summed E-state index contributed by atoms with van der Waals surface area (Å²) in [7, 11) is 1.65. The predicted molar refractivity (Wildman–Crippen MR) is 134 cm³/mol. The molecule has 172 valence electrons. The van der Waals surface area contributed by atoms with Crippen molar-refractivity contribution < 1.29 is 14.3 Å². The first-order valence-electron chi connectivity index (χ1n) is 10.9. The van der Waals surface area contributed by atoms with Crippen LogP contribution in [0.5, 0.6) is 11.5 Å². The molecule has 1 amide bonds. The Morgan fingerprint density at radius 3 is 2.42 bits per heavy atom. The second-order valence-corrected chi connectivity index (χ2v) is 8.21. The Morgan fingerprint density at radius 2 is 1.79 bits per heavy atom. The molecule has 0 aliphatic rings. The van der Waals surface area contributed by atoms with E-state index in [4.69, 9.17) is 21.1 Å². The zero-order chi connectivity index (χ0) is 23.8. The highest BCUT2D eigenvalue weighted by molar-refractivity contribution is 6.29. The maximum Gasteiger partial charge on any atom is 0.257 e. The molecule has 0 saturated heterocycles. The van der Waals surface area contributed by atoms with Gasteiger partial charge in [-0.05, 0) is 85.4 Å². The van der Waals surface area contributed by atoms with Crippen molar-refractivity contribution in [2.24, 2.45) is 0 Å². The lowest BCUT2D eigenvalue weighted by Crippen LogP contribution is -2.15. The number of pyridine rings is 1. The predicted octanol–water partition coefficient (Wildman–Crippen LogP) is 6.96. The molecule has 33 heavy (non-hydrogen) atoms. The fourth-order valence-electron chi connectivity index (χ4n) is 3.35. The average molecular weight is 465 g/mol. The third kappa shape index (κ3) is 6.83. The SMILES string of the molecule is C=C(CCC(CC)Oc1ccc(OC)cc1)c1ccc(C)c(NC(=O)c2ccc(Cl)nc2)c1. The van der Waals surface area contributed by atoms with E-state index in [9.17, 15) is 4.79 Å². The summed E-state index contributed by atoms with van der Waals surface area (Å²) in [6.45, 7) is 8.34. The lowest BCUT2D eigenvalue weighted by atomic mass is 9.98. The molecule has 0 fully saturated rings. The van der Waals surface area contributed by atoms with Crippen LogP contribution in [0, 0.1) is 6.92 Å². The van der Waals surface area contributed by atoms with Gasteiger partial charge in [0.2, 0.25) is 0 Å². The van der Waals surface area contributed by atoms with Crippen molar-refractivity contribution in [1.29, 1.82) is 0 Å². The first-order valence-corrected chi connectivity index (χ1v) is 11.3. The molecule has 1 unspecified atom stereocenters. The van der Waals surface area contributed by atoms with Gasteiger partial charge in [-0.1, -0.05) is 37.2 Å². The molecule has 1 N–H and O–H groups in total. The average Bonchev–Trinajstić information content (AvgIpc) is 2.83. The highest BCUT2D eigenvalue weighted by atomic mass is 35.5. The molecule has 1 heterocycles. The number of nitrogens with one attached hydrogen (secondary N) is 1. The normalized spacial score (nSPS) is 11.5. The van der Waals surface area contributed by atoms with E-state index in [-0.39, 0.29) is 12.0 Å². The number of benzene rings is 2. The lowest BCUT2D eigenvalue weighted by Gasteiger charge is -2.19. The molecule has 0 spiro atoms. The molecule has 6 heteroatoms. The van der Waals surface area contributed by atoms with Crippen molar-refractivity contribution in [2.45, 2.75) is 39.2 Å². The third-order valence-corrected chi connectivity index (χ3v) is 5.69. The van der Waals surface area contributed by atoms with Crippen LogP contribution < -0.4 is 14.8 Å². The first kappa shape index (κ1) is 24.3. The minimum absolute atomic E-state index is 0.0807. The molecule has 3 aromatic rings. The second-order valence-electron chi connectivity index (χ2n) is 7.82. The number of hydrogen-bond donors (Lipinski definition) is 1. The summed E-state index contributed by atoms with van der Waals surface area (Å²) in [6.07, 6.45) is 4.06. The van der Waals surface area contributed by atoms with Crippen LogP contribution in [0.2, 0.25) is 5.15 Å². The smallest absolute Gasteiger partial charge is 0.257 e. The third-order valence-electron chi connectivity index (χ3n) is 5.47. The minimum Gasteiger partial charge on any atom is -0.497 e. The van der Waals surface area contributed by atoms with Gasteiger partial charge in [-0.25, -0.2) is 4.98 Å². The monoisotopic (exact) mass is 464 g/mol. The maximum atomic E-state index is 12.6. The van der Waals surface area contributed by atoms with E-state index in [0.29, 0.717) is 10.7 Å². The van der Waals surface area contributed by atoms with Gasteiger partial charge >= 0.3 is 0 Å². The number of aromatic nitrogens is 1. The molecule has 2 aromatic carbocycles. The number of methoxy groups -OCH3 is 1. The van der Waals surface area contributed by atoms with E-state index in [0.717, 1.165) is 53.1 Å². The molecule has 1 atom stereocenters. The zero-order valence-electron chi connectivity index (χ0n) is 19.2. The number of carbonyl (C=O) groups excluding carboxylic acids is 1. The Morgan fingerprint density at radius 1 is 1.09 bits per heavy atom. The summed E-state index contributed by atoms with van der Waals surface area (Å²) in [5.41, 5.74) is 4.15. The van der Waals surface area contributed by atoms with Gasteiger partial charge in [-0.2, -0.15) is 0 Å². The van der Waals surface area contributed by atoms with Gasteiger partial charge in [-0.3, -0.25) is 4.79 Å². The van der Waals surface area contributed by atoms with Crippen LogP contribution in [0.25, 0.3) is 5.57 Å². The Kier molecular flexibility index (Phi) is 8.50. The molecule has 0 bridgehead atoms. The molecule has 0 saturated carbocycles. The summed E-state index contributed by atoms with van der Waals surface area (Å²) in [4.78, 5) is 16.6. The molecule has 3 rings (SSSR count). The van der Waals surface area contributed by atoms with E-state index in [1.54, 1.807) is 19.2 Å². The van der Waals surface area contributed by atoms with Gasteiger partial charge in [-0.15, -0.1) is 0 Å². The number of nitrogens with zero attached hydrogens (tertiary/aromatic N) is 1. The Hall–Kier alpha value is -3.31. The number of carbonyl (C=O) groups is 1. The Balaban J connectivity index is 1.61. The topological polar surface area (TPSA) is 60.5 Å². The van der Waals surface area contributed by atoms with Crippen molar-refractivity contribution in [1.82, 2.24) is 4.98 Å². The number of allylic oxidation sites excluding steroid dienone is 1. The molecular formula is C27H29ClN2O3. The molecule has 0 aliphatic carbocycles. The summed E-state index contributed by atoms with van der Waals surface area (Å²) in [6, 6.07) is 16.8. The van der Waals surface area contributed by atoms with Crippen LogP contribution in [0.3, 0.4) is 0 Å². The van der Waals surface area contributed by atoms with Gasteiger partial charge in [0.25, 0.3) is 5.91 Å². The Labute approximate surface area is 200 Å². The van der Waals surface area contributed by atoms with Crippen LogP contribution in [-0.2, 0) is 0 Å². The van der Waals surface area contributed by atoms with Gasteiger partial charge < -0.3 is 14.8 Å². The zero-order valence-corrected chi connectivity index (χ0v) is 20.0. The standard InChI is InChI=1S/C27H29ClN2O3/c1-5-22(33-24-13-11-23(32-4)12-14-24)10-7-18(2)20-8-6-19(3)25(16-20)30-27(31)21-9-15-26(28)29-17-21/h6,8-9,11-17,22H,2,5,7,10H2,1,3-4H3,(H,30,31). The van der Waals surface area contributed by atoms with Crippen LogP contribution in [-0.4, -0.2) is 24.1 Å². The summed E-state index contributed by atoms with van der Waals surface area (Å²) < 4.78 is 11.3. The molecule has 1 aromatic heterocycles. The summed E-state index contributed by atoms with van der Waals surface area (Å²) in [5, 5.41) is 3.31. The van der Waals surface area contributed by atoms with Crippen LogP contribution in [0.4, 0.5) is 5.69 Å². The molecule has 0 radical (unpaired) electrons. The van der Waals surface area contributed by atoms with E-state index < -0.39 is 0 Å². The highest BCUT2D eigenvalue weighted by Crippen LogP contribution is 2.27. The number of anilines is 1. The number of aryl methyl sites for hydroxylation is 1. The number of halogens is 1. The molecule has 0 aliphatic heterocycles. The summed E-state index contributed by atoms with van der Waals surface area (Å²) in [5.74, 6) is 1.40. The van der Waals surface area contributed by atoms with Gasteiger partial charge in [0, 0.05) is 11.9 Å². The summed E-state index contributed by atoms with van der Waals surface area (Å²) >= 11 is 5.81. The number of rotatable bonds is 10. The van der Waals surface area contributed by atoms with Gasteiger partial charge in [0.05, 0.1) is 18.8 Å². The van der Waals surface area contributed by atoms with Crippen LogP contribution >= 0.6 is 11.6 Å². The number of amides is 1. The van der Waals surface area contributed by atoms with Crippen molar-refractivity contribution in [3.8, 4) is 11.5 Å². The van der Waals surface area contributed by atoms with Crippen molar-refractivity contribution in [3.63, 3.8) is 0 Å². The van der Waals surface area contributed by atoms with Crippen molar-refractivity contribution in [2.75, 3.05) is 12.4 Å². The van der Waals surface area contributed by atoms with Gasteiger partial charge in [0.1, 0.15) is 16.7 Å². The quantitative estimate of drug-likeness (QED) is 0.329. The Bertz CT molecular complexity index is 1100. The maximum absolute atomic E-state index is 12.6. The van der Waals surface area contributed by atoms with Gasteiger partial charge in [0.15, 0.2) is 0 Å². The van der Waals surface area contributed by atoms with Crippen molar-refractivity contribution in [3.05, 3.63) is 89.2 Å². The van der Waals surface area contributed by atoms with E-state index in [1.807, 2.05) is 49.4 Å². The van der Waals surface area contributed by atoms with Crippen molar-refractivity contribution >= 4 is 28.8 Å². The first-order chi connectivity index (χ1) is 15.9. The molecule has 5 nitrogen and oxygen atoms in total. The fourth-order valence-corrected chi connectivity index (χ4v) is 3.47. The lowest BCUT2D eigenvalue weighted by molar-refractivity contribution is 0.102. The van der Waals surface area contributed by atoms with Crippen LogP contribution in [0.15, 0.2) is 67.4 Å². The molecular weight excluding hydrogens is 436 g/mol. The number of hydrogen-bond acceptors (Lipinski definition) is 4. The fraction of sp³-hybridized carbons (Fsp3) is 0.259.